The molecule has 0 amide bonds. The molecule has 1 aliphatic heterocycles. The maximum Gasteiger partial charge on any atom is 0.418 e. The van der Waals surface area contributed by atoms with Gasteiger partial charge >= 0.3 is 6.18 Å². The van der Waals surface area contributed by atoms with Crippen molar-refractivity contribution in [2.45, 2.75) is 19.3 Å². The predicted octanol–water partition coefficient (Wildman–Crippen LogP) is 4.35. The molecule has 130 valence electrons. The Bertz CT molecular complexity index is 1070. The number of halogens is 3. The summed E-state index contributed by atoms with van der Waals surface area (Å²) in [7, 11) is 0. The first-order chi connectivity index (χ1) is 12.4. The molecule has 0 radical (unpaired) electrons. The van der Waals surface area contributed by atoms with Crippen LogP contribution in [-0.2, 0) is 19.3 Å². The first-order valence-corrected chi connectivity index (χ1v) is 7.85. The van der Waals surface area contributed by atoms with Crippen molar-refractivity contribution < 1.29 is 18.3 Å². The van der Waals surface area contributed by atoms with Gasteiger partial charge in [0.15, 0.2) is 0 Å². The number of rotatable bonds is 1. The summed E-state index contributed by atoms with van der Waals surface area (Å²) in [5, 5.41) is 19.4. The Labute approximate surface area is 146 Å². The van der Waals surface area contributed by atoms with Gasteiger partial charge in [0.05, 0.1) is 11.1 Å². The second kappa shape index (κ2) is 5.63. The first-order valence-electron chi connectivity index (χ1n) is 7.85. The molecule has 4 nitrogen and oxygen atoms in total. The number of fused-ring (bicyclic) bond motifs is 2. The maximum absolute atomic E-state index is 13.7. The second-order valence-corrected chi connectivity index (χ2v) is 6.08. The molecule has 0 unspecified atom stereocenters. The highest BCUT2D eigenvalue weighted by Crippen LogP contribution is 2.42. The topological polar surface area (TPSA) is 60.2 Å². The van der Waals surface area contributed by atoms with E-state index in [9.17, 15) is 23.5 Å². The average Bonchev–Trinajstić information content (AvgIpc) is 3.04. The summed E-state index contributed by atoms with van der Waals surface area (Å²) in [6, 6.07) is 12.6. The first kappa shape index (κ1) is 16.2. The third kappa shape index (κ3) is 2.42. The van der Waals surface area contributed by atoms with Gasteiger partial charge in [-0.05, 0) is 17.7 Å². The van der Waals surface area contributed by atoms with Crippen molar-refractivity contribution in [3.05, 3.63) is 64.7 Å². The number of hydrogen-bond donors (Lipinski definition) is 1. The van der Waals surface area contributed by atoms with E-state index >= 15 is 0 Å². The number of benzene rings is 2. The number of pyridine rings is 1. The van der Waals surface area contributed by atoms with E-state index < -0.39 is 17.3 Å². The van der Waals surface area contributed by atoms with Crippen molar-refractivity contribution >= 4 is 16.7 Å². The number of phenolic OH excluding ortho intramolecular Hbond substituents is 1. The van der Waals surface area contributed by atoms with Crippen molar-refractivity contribution in [3.63, 3.8) is 0 Å². The maximum atomic E-state index is 13.7. The van der Waals surface area contributed by atoms with Crippen LogP contribution in [0.15, 0.2) is 42.5 Å². The van der Waals surface area contributed by atoms with Gasteiger partial charge in [-0.15, -0.1) is 0 Å². The van der Waals surface area contributed by atoms with Gasteiger partial charge in [-0.1, -0.05) is 30.3 Å². The van der Waals surface area contributed by atoms with Gasteiger partial charge in [-0.3, -0.25) is 0 Å². The molecule has 2 aromatic carbocycles. The normalized spacial score (nSPS) is 13.7. The molecule has 0 saturated carbocycles. The van der Waals surface area contributed by atoms with Crippen LogP contribution in [0, 0.1) is 11.3 Å². The molecule has 0 saturated heterocycles. The van der Waals surface area contributed by atoms with E-state index in [0.29, 0.717) is 5.56 Å². The molecule has 7 heteroatoms. The van der Waals surface area contributed by atoms with Crippen LogP contribution in [0.5, 0.6) is 5.75 Å². The van der Waals surface area contributed by atoms with Gasteiger partial charge in [0.1, 0.15) is 23.2 Å². The molecule has 1 N–H and O–H groups in total. The van der Waals surface area contributed by atoms with Gasteiger partial charge in [0.25, 0.3) is 0 Å². The molecule has 26 heavy (non-hydrogen) atoms. The predicted molar refractivity (Wildman–Crippen MR) is 89.5 cm³/mol. The molecule has 0 spiro atoms. The number of hydrogen-bond acceptors (Lipinski definition) is 4. The van der Waals surface area contributed by atoms with Crippen molar-refractivity contribution in [1.29, 1.82) is 5.26 Å². The van der Waals surface area contributed by atoms with Crippen LogP contribution in [0.4, 0.5) is 19.0 Å². The standard InChI is InChI=1S/C19H12F3N3O/c20-19(21,22)17-12-5-1-2-6-15(12)24-18(13(17)8-23)25-9-11-4-3-7-16(26)14(11)10-25/h1-7,26H,9-10H2. The number of alkyl halides is 3. The molecule has 1 aliphatic rings. The van der Waals surface area contributed by atoms with Crippen molar-refractivity contribution in [3.8, 4) is 11.8 Å². The third-order valence-corrected chi connectivity index (χ3v) is 4.53. The summed E-state index contributed by atoms with van der Waals surface area (Å²) in [6.07, 6.45) is -4.68. The summed E-state index contributed by atoms with van der Waals surface area (Å²) >= 11 is 0. The van der Waals surface area contributed by atoms with Crippen LogP contribution in [0.25, 0.3) is 10.9 Å². The minimum atomic E-state index is -4.68. The quantitative estimate of drug-likeness (QED) is 0.705. The Morgan fingerprint density at radius 2 is 1.85 bits per heavy atom. The lowest BCUT2D eigenvalue weighted by Crippen LogP contribution is -2.20. The average molecular weight is 355 g/mol. The van der Waals surface area contributed by atoms with E-state index in [1.807, 2.05) is 0 Å². The van der Waals surface area contributed by atoms with Crippen LogP contribution in [0.2, 0.25) is 0 Å². The fourth-order valence-corrected chi connectivity index (χ4v) is 3.38. The van der Waals surface area contributed by atoms with Crippen LogP contribution < -0.4 is 4.90 Å². The second-order valence-electron chi connectivity index (χ2n) is 6.08. The minimum Gasteiger partial charge on any atom is -0.508 e. The third-order valence-electron chi connectivity index (χ3n) is 4.53. The number of aromatic hydroxyl groups is 1. The SMILES string of the molecule is N#Cc1c(N2Cc3cccc(O)c3C2)nc2ccccc2c1C(F)(F)F. The molecule has 0 bridgehead atoms. The van der Waals surface area contributed by atoms with Gasteiger partial charge in [0.2, 0.25) is 0 Å². The fraction of sp³-hybridized carbons (Fsp3) is 0.158. The molecule has 3 aromatic rings. The molecule has 4 rings (SSSR count). The minimum absolute atomic E-state index is 0.0193. The van der Waals surface area contributed by atoms with Crippen molar-refractivity contribution in [1.82, 2.24) is 4.98 Å². The van der Waals surface area contributed by atoms with Crippen LogP contribution >= 0.6 is 0 Å². The Kier molecular flexibility index (Phi) is 3.51. The molecule has 1 aromatic heterocycles. The number of para-hydroxylation sites is 1. The summed E-state index contributed by atoms with van der Waals surface area (Å²) in [5.74, 6) is 0.0643. The zero-order valence-corrected chi connectivity index (χ0v) is 13.4. The van der Waals surface area contributed by atoms with Gasteiger partial charge in [-0.25, -0.2) is 4.98 Å². The number of phenols is 1. The Morgan fingerprint density at radius 1 is 1.08 bits per heavy atom. The summed E-state index contributed by atoms with van der Waals surface area (Å²) in [6.45, 7) is 0.473. The molecule has 0 fully saturated rings. The fourth-order valence-electron chi connectivity index (χ4n) is 3.38. The Balaban J connectivity index is 1.95. The van der Waals surface area contributed by atoms with E-state index in [0.717, 1.165) is 5.56 Å². The van der Waals surface area contributed by atoms with E-state index in [1.165, 1.54) is 24.3 Å². The van der Waals surface area contributed by atoms with Gasteiger partial charge < -0.3 is 10.0 Å². The van der Waals surface area contributed by atoms with Crippen molar-refractivity contribution in [2.24, 2.45) is 0 Å². The molecule has 0 aliphatic carbocycles. The summed E-state index contributed by atoms with van der Waals surface area (Å²) in [5.41, 5.74) is 0.149. The zero-order valence-electron chi connectivity index (χ0n) is 13.4. The lowest BCUT2D eigenvalue weighted by molar-refractivity contribution is -0.136. The largest absolute Gasteiger partial charge is 0.508 e. The summed E-state index contributed by atoms with van der Waals surface area (Å²) in [4.78, 5) is 5.92. The van der Waals surface area contributed by atoms with E-state index in [-0.39, 0.29) is 35.6 Å². The highest BCUT2D eigenvalue weighted by molar-refractivity contribution is 5.88. The smallest absolute Gasteiger partial charge is 0.418 e. The highest BCUT2D eigenvalue weighted by Gasteiger charge is 2.39. The van der Waals surface area contributed by atoms with Crippen LogP contribution in [0.3, 0.4) is 0 Å². The number of nitrogens with zero attached hydrogens (tertiary/aromatic N) is 3. The Morgan fingerprint density at radius 3 is 2.54 bits per heavy atom. The van der Waals surface area contributed by atoms with E-state index in [1.54, 1.807) is 29.2 Å². The van der Waals surface area contributed by atoms with Gasteiger partial charge in [0, 0.05) is 24.0 Å². The van der Waals surface area contributed by atoms with Gasteiger partial charge in [-0.2, -0.15) is 18.4 Å². The molecule has 2 heterocycles. The number of aromatic nitrogens is 1. The van der Waals surface area contributed by atoms with E-state index in [4.69, 9.17) is 0 Å². The summed E-state index contributed by atoms with van der Waals surface area (Å²) < 4.78 is 41.2. The zero-order chi connectivity index (χ0) is 18.5. The van der Waals surface area contributed by atoms with E-state index in [2.05, 4.69) is 4.98 Å². The Hall–Kier alpha value is -3.27. The lowest BCUT2D eigenvalue weighted by atomic mass is 10.0. The highest BCUT2D eigenvalue weighted by atomic mass is 19.4. The van der Waals surface area contributed by atoms with Crippen molar-refractivity contribution in [2.75, 3.05) is 4.90 Å². The number of nitriles is 1. The monoisotopic (exact) mass is 355 g/mol. The molecular formula is C19H12F3N3O. The lowest BCUT2D eigenvalue weighted by Gasteiger charge is -2.22. The van der Waals surface area contributed by atoms with Crippen LogP contribution in [0.1, 0.15) is 22.3 Å². The molecule has 0 atom stereocenters. The number of anilines is 1. The van der Waals surface area contributed by atoms with Crippen LogP contribution in [-0.4, -0.2) is 10.1 Å². The molecular weight excluding hydrogens is 343 g/mol.